The summed E-state index contributed by atoms with van der Waals surface area (Å²) in [6, 6.07) is 11.0. The lowest BCUT2D eigenvalue weighted by Gasteiger charge is -2.02. The molecule has 0 spiro atoms. The van der Waals surface area contributed by atoms with E-state index < -0.39 is 0 Å². The van der Waals surface area contributed by atoms with Crippen molar-refractivity contribution < 1.29 is 4.79 Å². The van der Waals surface area contributed by atoms with Crippen molar-refractivity contribution >= 4 is 16.8 Å². The van der Waals surface area contributed by atoms with Crippen molar-refractivity contribution in [3.8, 4) is 5.82 Å². The van der Waals surface area contributed by atoms with E-state index in [1.54, 1.807) is 23.0 Å². The zero-order valence-electron chi connectivity index (χ0n) is 9.74. The summed E-state index contributed by atoms with van der Waals surface area (Å²) < 4.78 is 1.63. The summed E-state index contributed by atoms with van der Waals surface area (Å²) in [5.74, 6) is 0.597. The molecule has 5 nitrogen and oxygen atoms in total. The van der Waals surface area contributed by atoms with E-state index in [-0.39, 0.29) is 5.78 Å². The van der Waals surface area contributed by atoms with Crippen LogP contribution in [-0.4, -0.2) is 25.8 Å². The fraction of sp³-hybridized carbons (Fsp3) is 0.0769. The van der Waals surface area contributed by atoms with Gasteiger partial charge < -0.3 is 0 Å². The molecule has 2 aromatic heterocycles. The topological polar surface area (TPSA) is 60.7 Å². The number of pyridine rings is 1. The second-order valence-electron chi connectivity index (χ2n) is 3.95. The number of carbonyl (C=O) groups is 1. The third kappa shape index (κ3) is 1.66. The molecule has 3 aromatic rings. The maximum absolute atomic E-state index is 11.4. The first-order valence-corrected chi connectivity index (χ1v) is 5.53. The second kappa shape index (κ2) is 4.03. The van der Waals surface area contributed by atoms with Gasteiger partial charge in [0.1, 0.15) is 5.52 Å². The van der Waals surface area contributed by atoms with Gasteiger partial charge in [-0.3, -0.25) is 4.79 Å². The summed E-state index contributed by atoms with van der Waals surface area (Å²) in [5, 5.41) is 8.12. The highest BCUT2D eigenvalue weighted by Crippen LogP contribution is 2.15. The molecular formula is C13H10N4O. The van der Waals surface area contributed by atoms with Gasteiger partial charge in [-0.1, -0.05) is 17.3 Å². The van der Waals surface area contributed by atoms with E-state index >= 15 is 0 Å². The molecule has 0 bridgehead atoms. The molecule has 0 amide bonds. The quantitative estimate of drug-likeness (QED) is 0.641. The summed E-state index contributed by atoms with van der Waals surface area (Å²) in [4.78, 5) is 15.6. The van der Waals surface area contributed by atoms with Crippen molar-refractivity contribution in [2.24, 2.45) is 0 Å². The van der Waals surface area contributed by atoms with Crippen LogP contribution in [0.5, 0.6) is 0 Å². The van der Waals surface area contributed by atoms with Crippen molar-refractivity contribution in [3.05, 3.63) is 48.2 Å². The molecule has 0 atom stereocenters. The molecule has 0 saturated carbocycles. The van der Waals surface area contributed by atoms with E-state index in [9.17, 15) is 4.79 Å². The molecule has 0 aliphatic heterocycles. The van der Waals surface area contributed by atoms with Crippen LogP contribution in [0.1, 0.15) is 17.3 Å². The van der Waals surface area contributed by atoms with Gasteiger partial charge in [0, 0.05) is 11.8 Å². The van der Waals surface area contributed by atoms with E-state index in [4.69, 9.17) is 0 Å². The van der Waals surface area contributed by atoms with Gasteiger partial charge in [-0.15, -0.1) is 5.10 Å². The fourth-order valence-electron chi connectivity index (χ4n) is 1.79. The maximum Gasteiger partial charge on any atom is 0.159 e. The number of hydrogen-bond acceptors (Lipinski definition) is 4. The molecule has 0 aliphatic carbocycles. The van der Waals surface area contributed by atoms with E-state index in [0.29, 0.717) is 11.4 Å². The van der Waals surface area contributed by atoms with Gasteiger partial charge in [-0.25, -0.2) is 4.98 Å². The van der Waals surface area contributed by atoms with Gasteiger partial charge >= 0.3 is 0 Å². The molecule has 3 rings (SSSR count). The number of Topliss-reactive ketones (excluding diaryl/α,β-unsaturated/α-hetero) is 1. The van der Waals surface area contributed by atoms with Gasteiger partial charge in [-0.2, -0.15) is 4.68 Å². The standard InChI is InChI=1S/C13H10N4O/c1-9(18)10-6-7-14-13(8-10)17-12-5-3-2-4-11(12)15-16-17/h2-8H,1H3. The Morgan fingerprint density at radius 2 is 2.06 bits per heavy atom. The fourth-order valence-corrected chi connectivity index (χ4v) is 1.79. The van der Waals surface area contributed by atoms with Crippen molar-refractivity contribution in [2.45, 2.75) is 6.92 Å². The highest BCUT2D eigenvalue weighted by atomic mass is 16.1. The zero-order chi connectivity index (χ0) is 12.5. The molecule has 2 heterocycles. The van der Waals surface area contributed by atoms with Crippen LogP contribution in [0.3, 0.4) is 0 Å². The molecule has 0 radical (unpaired) electrons. The first-order chi connectivity index (χ1) is 8.75. The Morgan fingerprint density at radius 1 is 1.22 bits per heavy atom. The smallest absolute Gasteiger partial charge is 0.159 e. The van der Waals surface area contributed by atoms with Gasteiger partial charge in [0.05, 0.1) is 5.52 Å². The normalized spacial score (nSPS) is 10.7. The van der Waals surface area contributed by atoms with Crippen molar-refractivity contribution in [2.75, 3.05) is 0 Å². The van der Waals surface area contributed by atoms with Crippen molar-refractivity contribution in [3.63, 3.8) is 0 Å². The van der Waals surface area contributed by atoms with Crippen molar-refractivity contribution in [1.29, 1.82) is 0 Å². The molecule has 0 saturated heterocycles. The molecule has 1 aromatic carbocycles. The van der Waals surface area contributed by atoms with E-state index in [0.717, 1.165) is 11.0 Å². The number of rotatable bonds is 2. The molecule has 0 N–H and O–H groups in total. The monoisotopic (exact) mass is 238 g/mol. The Labute approximate surface area is 103 Å². The summed E-state index contributed by atoms with van der Waals surface area (Å²) >= 11 is 0. The number of carbonyl (C=O) groups excluding carboxylic acids is 1. The number of nitrogens with zero attached hydrogens (tertiary/aromatic N) is 4. The van der Waals surface area contributed by atoms with Gasteiger partial charge in [-0.05, 0) is 31.2 Å². The summed E-state index contributed by atoms with van der Waals surface area (Å²) in [7, 11) is 0. The van der Waals surface area contributed by atoms with Crippen molar-refractivity contribution in [1.82, 2.24) is 20.0 Å². The number of hydrogen-bond donors (Lipinski definition) is 0. The van der Waals surface area contributed by atoms with Gasteiger partial charge in [0.2, 0.25) is 0 Å². The number of fused-ring (bicyclic) bond motifs is 1. The van der Waals surface area contributed by atoms with Gasteiger partial charge in [0.25, 0.3) is 0 Å². The predicted octanol–water partition coefficient (Wildman–Crippen LogP) is 2.02. The number of ketones is 1. The molecule has 0 fully saturated rings. The van der Waals surface area contributed by atoms with Crippen LogP contribution in [0.15, 0.2) is 42.6 Å². The number of para-hydroxylation sites is 1. The molecule has 88 valence electrons. The second-order valence-corrected chi connectivity index (χ2v) is 3.95. The Balaban J connectivity index is 2.20. The van der Waals surface area contributed by atoms with Crippen LogP contribution in [-0.2, 0) is 0 Å². The Kier molecular flexibility index (Phi) is 2.37. The number of benzene rings is 1. The molecule has 0 aliphatic rings. The minimum atomic E-state index is 0.00284. The van der Waals surface area contributed by atoms with Crippen LogP contribution >= 0.6 is 0 Å². The van der Waals surface area contributed by atoms with Crippen LogP contribution < -0.4 is 0 Å². The first kappa shape index (κ1) is 10.6. The van der Waals surface area contributed by atoms with Crippen LogP contribution in [0.2, 0.25) is 0 Å². The SMILES string of the molecule is CC(=O)c1ccnc(-n2nnc3ccccc32)c1. The summed E-state index contributed by atoms with van der Waals surface area (Å²) in [5.41, 5.74) is 2.28. The van der Waals surface area contributed by atoms with E-state index in [1.807, 2.05) is 24.3 Å². The lowest BCUT2D eigenvalue weighted by atomic mass is 10.2. The van der Waals surface area contributed by atoms with Gasteiger partial charge in [0.15, 0.2) is 11.6 Å². The summed E-state index contributed by atoms with van der Waals surface area (Å²) in [6.07, 6.45) is 1.60. The average Bonchev–Trinajstić information content (AvgIpc) is 2.82. The third-order valence-corrected chi connectivity index (χ3v) is 2.72. The molecule has 0 unspecified atom stereocenters. The lowest BCUT2D eigenvalue weighted by molar-refractivity contribution is 0.101. The minimum Gasteiger partial charge on any atom is -0.295 e. The average molecular weight is 238 g/mol. The third-order valence-electron chi connectivity index (χ3n) is 2.72. The first-order valence-electron chi connectivity index (χ1n) is 5.53. The maximum atomic E-state index is 11.4. The highest BCUT2D eigenvalue weighted by Gasteiger charge is 2.08. The van der Waals surface area contributed by atoms with Crippen LogP contribution in [0.4, 0.5) is 0 Å². The summed E-state index contributed by atoms with van der Waals surface area (Å²) in [6.45, 7) is 1.53. The van der Waals surface area contributed by atoms with E-state index in [2.05, 4.69) is 15.3 Å². The Morgan fingerprint density at radius 3 is 2.89 bits per heavy atom. The minimum absolute atomic E-state index is 0.00284. The molecule has 5 heteroatoms. The predicted molar refractivity (Wildman–Crippen MR) is 66.7 cm³/mol. The molecular weight excluding hydrogens is 228 g/mol. The van der Waals surface area contributed by atoms with Crippen LogP contribution in [0, 0.1) is 0 Å². The largest absolute Gasteiger partial charge is 0.295 e. The van der Waals surface area contributed by atoms with E-state index in [1.165, 1.54) is 6.92 Å². The highest BCUT2D eigenvalue weighted by molar-refractivity contribution is 5.94. The lowest BCUT2D eigenvalue weighted by Crippen LogP contribution is -2.02. The Hall–Kier alpha value is -2.56. The Bertz CT molecular complexity index is 732. The number of aromatic nitrogens is 4. The van der Waals surface area contributed by atoms with Crippen LogP contribution in [0.25, 0.3) is 16.9 Å². The molecule has 18 heavy (non-hydrogen) atoms. The zero-order valence-corrected chi connectivity index (χ0v) is 9.74.